The summed E-state index contributed by atoms with van der Waals surface area (Å²) in [7, 11) is 1.91. The van der Waals surface area contributed by atoms with Crippen molar-refractivity contribution in [1.82, 2.24) is 0 Å². The molecule has 3 heteroatoms. The van der Waals surface area contributed by atoms with Crippen molar-refractivity contribution in [1.29, 1.82) is 0 Å². The highest BCUT2D eigenvalue weighted by atomic mass is 16.5. The van der Waals surface area contributed by atoms with Crippen LogP contribution in [0.3, 0.4) is 0 Å². The molecule has 28 heavy (non-hydrogen) atoms. The number of aliphatic hydroxyl groups is 2. The average molecular weight is 389 g/mol. The van der Waals surface area contributed by atoms with Gasteiger partial charge in [-0.25, -0.2) is 0 Å². The maximum Gasteiger partial charge on any atom is 0.125 e. The maximum atomic E-state index is 11.1. The van der Waals surface area contributed by atoms with Gasteiger partial charge in [0.2, 0.25) is 0 Å². The second kappa shape index (κ2) is 7.60. The Labute approximate surface area is 171 Å². The molecule has 0 saturated heterocycles. The quantitative estimate of drug-likeness (QED) is 0.551. The summed E-state index contributed by atoms with van der Waals surface area (Å²) in [5.41, 5.74) is -0.0503. The van der Waals surface area contributed by atoms with Gasteiger partial charge in [0.05, 0.1) is 6.10 Å². The lowest BCUT2D eigenvalue weighted by molar-refractivity contribution is -0.146. The SMILES string of the molecule is CO[C@H]1CC[C@H]2[C@@H]3CC[C@@H]4C[C@@](O)(C#CCCCO)CC[C@]4(C)[C@H]3CC[C@]12C. The minimum absolute atomic E-state index is 0.181. The lowest BCUT2D eigenvalue weighted by Gasteiger charge is -2.61. The Bertz CT molecular complexity index is 635. The van der Waals surface area contributed by atoms with Gasteiger partial charge in [-0.1, -0.05) is 19.8 Å². The van der Waals surface area contributed by atoms with Crippen LogP contribution >= 0.6 is 0 Å². The first kappa shape index (κ1) is 20.7. The maximum absolute atomic E-state index is 11.1. The fraction of sp³-hybridized carbons (Fsp3) is 0.920. The number of aliphatic hydroxyl groups excluding tert-OH is 1. The second-order valence-corrected chi connectivity index (χ2v) is 10.9. The van der Waals surface area contributed by atoms with E-state index >= 15 is 0 Å². The summed E-state index contributed by atoms with van der Waals surface area (Å²) in [5.74, 6) is 9.41. The van der Waals surface area contributed by atoms with Gasteiger partial charge in [0.1, 0.15) is 5.60 Å². The Hall–Kier alpha value is -0.560. The molecule has 2 N–H and O–H groups in total. The molecule has 0 aromatic heterocycles. The molecule has 0 unspecified atom stereocenters. The van der Waals surface area contributed by atoms with Gasteiger partial charge in [-0.15, -0.1) is 5.92 Å². The highest BCUT2D eigenvalue weighted by Crippen LogP contribution is 2.67. The molecule has 3 nitrogen and oxygen atoms in total. The predicted octanol–water partition coefficient (Wildman–Crippen LogP) is 4.55. The fourth-order valence-electron chi connectivity index (χ4n) is 8.09. The molecule has 0 radical (unpaired) electrons. The van der Waals surface area contributed by atoms with Crippen molar-refractivity contribution in [3.63, 3.8) is 0 Å². The molecule has 4 rings (SSSR count). The molecule has 158 valence electrons. The first-order chi connectivity index (χ1) is 13.4. The molecule has 4 fully saturated rings. The minimum Gasteiger partial charge on any atom is -0.396 e. The van der Waals surface area contributed by atoms with E-state index in [0.717, 1.165) is 37.0 Å². The zero-order chi connectivity index (χ0) is 20.0. The van der Waals surface area contributed by atoms with Gasteiger partial charge < -0.3 is 14.9 Å². The van der Waals surface area contributed by atoms with Crippen LogP contribution in [0.1, 0.15) is 84.5 Å². The molecule has 0 aliphatic heterocycles. The van der Waals surface area contributed by atoms with Crippen molar-refractivity contribution < 1.29 is 14.9 Å². The van der Waals surface area contributed by atoms with E-state index in [-0.39, 0.29) is 6.61 Å². The summed E-state index contributed by atoms with van der Waals surface area (Å²) in [6.07, 6.45) is 12.4. The molecule has 0 aromatic carbocycles. The Morgan fingerprint density at radius 1 is 0.964 bits per heavy atom. The van der Waals surface area contributed by atoms with Crippen LogP contribution in [0, 0.1) is 46.3 Å². The lowest BCUT2D eigenvalue weighted by atomic mass is 9.44. The molecule has 0 amide bonds. The number of unbranched alkanes of at least 4 members (excludes halogenated alkanes) is 1. The smallest absolute Gasteiger partial charge is 0.125 e. The van der Waals surface area contributed by atoms with Crippen LogP contribution in [0.25, 0.3) is 0 Å². The highest BCUT2D eigenvalue weighted by molar-refractivity contribution is 5.19. The van der Waals surface area contributed by atoms with Crippen LogP contribution in [0.15, 0.2) is 0 Å². The Morgan fingerprint density at radius 3 is 2.50 bits per heavy atom. The summed E-state index contributed by atoms with van der Waals surface area (Å²) in [6, 6.07) is 0. The summed E-state index contributed by atoms with van der Waals surface area (Å²) < 4.78 is 5.91. The standard InChI is InChI=1S/C25H40O3/c1-23-14-15-25(27,12-5-4-6-16-26)17-18(23)7-8-19-20-9-10-22(28-3)24(20,2)13-11-21(19)23/h18-22,26-27H,4,6-11,13-17H2,1-3H3/t18-,19+,20+,21+,22+,23+,24+,25-/m1/s1. The average Bonchev–Trinajstić information content (AvgIpc) is 3.02. The van der Waals surface area contributed by atoms with Crippen LogP contribution in [0.2, 0.25) is 0 Å². The number of methoxy groups -OCH3 is 1. The Kier molecular flexibility index (Phi) is 5.62. The van der Waals surface area contributed by atoms with Crippen molar-refractivity contribution in [3.05, 3.63) is 0 Å². The van der Waals surface area contributed by atoms with Gasteiger partial charge in [0.15, 0.2) is 0 Å². The molecular weight excluding hydrogens is 348 g/mol. The Morgan fingerprint density at radius 2 is 1.75 bits per heavy atom. The number of hydrogen-bond donors (Lipinski definition) is 2. The van der Waals surface area contributed by atoms with E-state index in [1.807, 2.05) is 7.11 Å². The lowest BCUT2D eigenvalue weighted by Crippen LogP contribution is -2.56. The van der Waals surface area contributed by atoms with E-state index in [4.69, 9.17) is 9.84 Å². The van der Waals surface area contributed by atoms with E-state index in [0.29, 0.717) is 35.7 Å². The third-order valence-corrected chi connectivity index (χ3v) is 9.71. The fourth-order valence-corrected chi connectivity index (χ4v) is 8.09. The van der Waals surface area contributed by atoms with Crippen molar-refractivity contribution >= 4 is 0 Å². The number of hydrogen-bond acceptors (Lipinski definition) is 3. The number of rotatable bonds is 3. The molecule has 0 heterocycles. The molecule has 4 saturated carbocycles. The Balaban J connectivity index is 1.49. The van der Waals surface area contributed by atoms with E-state index < -0.39 is 5.60 Å². The van der Waals surface area contributed by atoms with Crippen molar-refractivity contribution in [3.8, 4) is 11.8 Å². The molecule has 0 aromatic rings. The summed E-state index contributed by atoms with van der Waals surface area (Å²) in [5, 5.41) is 20.1. The highest BCUT2D eigenvalue weighted by Gasteiger charge is 2.61. The molecule has 0 spiro atoms. The zero-order valence-corrected chi connectivity index (χ0v) is 18.2. The predicted molar refractivity (Wildman–Crippen MR) is 112 cm³/mol. The van der Waals surface area contributed by atoms with Crippen LogP contribution in [-0.2, 0) is 4.74 Å². The summed E-state index contributed by atoms with van der Waals surface area (Å²) >= 11 is 0. The molecule has 8 atom stereocenters. The largest absolute Gasteiger partial charge is 0.396 e. The second-order valence-electron chi connectivity index (χ2n) is 10.9. The van der Waals surface area contributed by atoms with Gasteiger partial charge in [0, 0.05) is 20.1 Å². The van der Waals surface area contributed by atoms with Gasteiger partial charge in [-0.2, -0.15) is 0 Å². The van der Waals surface area contributed by atoms with Gasteiger partial charge in [0.25, 0.3) is 0 Å². The number of fused-ring (bicyclic) bond motifs is 5. The first-order valence-corrected chi connectivity index (χ1v) is 11.7. The summed E-state index contributed by atoms with van der Waals surface area (Å²) in [4.78, 5) is 0. The van der Waals surface area contributed by atoms with E-state index in [2.05, 4.69) is 25.7 Å². The minimum atomic E-state index is -0.801. The van der Waals surface area contributed by atoms with Crippen LogP contribution in [0.5, 0.6) is 0 Å². The van der Waals surface area contributed by atoms with E-state index in [1.54, 1.807) is 0 Å². The molecule has 4 aliphatic rings. The summed E-state index contributed by atoms with van der Waals surface area (Å²) in [6.45, 7) is 5.23. The van der Waals surface area contributed by atoms with Crippen molar-refractivity contribution in [2.75, 3.05) is 13.7 Å². The van der Waals surface area contributed by atoms with Crippen molar-refractivity contribution in [2.45, 2.75) is 96.2 Å². The topological polar surface area (TPSA) is 49.7 Å². The van der Waals surface area contributed by atoms with Gasteiger partial charge in [-0.05, 0) is 98.7 Å². The van der Waals surface area contributed by atoms with Gasteiger partial charge in [-0.3, -0.25) is 0 Å². The monoisotopic (exact) mass is 388 g/mol. The molecular formula is C25H40O3. The van der Waals surface area contributed by atoms with E-state index in [1.165, 1.54) is 38.5 Å². The molecule has 0 bridgehead atoms. The normalized spacial score (nSPS) is 50.1. The van der Waals surface area contributed by atoms with Crippen molar-refractivity contribution in [2.24, 2.45) is 34.5 Å². The van der Waals surface area contributed by atoms with Crippen LogP contribution in [0.4, 0.5) is 0 Å². The molecule has 4 aliphatic carbocycles. The first-order valence-electron chi connectivity index (χ1n) is 11.7. The van der Waals surface area contributed by atoms with Crippen LogP contribution in [-0.4, -0.2) is 35.6 Å². The van der Waals surface area contributed by atoms with Crippen LogP contribution < -0.4 is 0 Å². The zero-order valence-electron chi connectivity index (χ0n) is 18.2. The van der Waals surface area contributed by atoms with E-state index in [9.17, 15) is 5.11 Å². The third-order valence-electron chi connectivity index (χ3n) is 9.71. The third kappa shape index (κ3) is 3.24. The number of ether oxygens (including phenoxy) is 1. The van der Waals surface area contributed by atoms with Gasteiger partial charge >= 0.3 is 0 Å².